The summed E-state index contributed by atoms with van der Waals surface area (Å²) in [6.45, 7) is 0. The summed E-state index contributed by atoms with van der Waals surface area (Å²) in [5.41, 5.74) is 3.66. The monoisotopic (exact) mass is 369 g/mol. The number of amides is 1. The zero-order valence-corrected chi connectivity index (χ0v) is 15.4. The predicted octanol–water partition coefficient (Wildman–Crippen LogP) is 4.62. The SMILES string of the molecule is COc1cccc(C2OC(=O)N[C@@H]2c2cccc(C#Cc3ccccc3)c2)c1. The third-order valence-corrected chi connectivity index (χ3v) is 4.60. The Kier molecular flexibility index (Phi) is 4.99. The van der Waals surface area contributed by atoms with E-state index in [2.05, 4.69) is 17.2 Å². The lowest BCUT2D eigenvalue weighted by Gasteiger charge is -2.18. The molecule has 4 heteroatoms. The lowest BCUT2D eigenvalue weighted by Crippen LogP contribution is -2.19. The van der Waals surface area contributed by atoms with Crippen LogP contribution >= 0.6 is 0 Å². The van der Waals surface area contributed by atoms with Crippen LogP contribution in [0.3, 0.4) is 0 Å². The number of ether oxygens (including phenoxy) is 2. The largest absolute Gasteiger partial charge is 0.497 e. The highest BCUT2D eigenvalue weighted by Crippen LogP contribution is 2.37. The van der Waals surface area contributed by atoms with E-state index in [-0.39, 0.29) is 6.04 Å². The molecule has 2 atom stereocenters. The fourth-order valence-electron chi connectivity index (χ4n) is 3.23. The minimum Gasteiger partial charge on any atom is -0.497 e. The fourth-order valence-corrected chi connectivity index (χ4v) is 3.23. The van der Waals surface area contributed by atoms with Gasteiger partial charge in [0.15, 0.2) is 6.10 Å². The van der Waals surface area contributed by atoms with Gasteiger partial charge >= 0.3 is 6.09 Å². The number of rotatable bonds is 3. The van der Waals surface area contributed by atoms with Gasteiger partial charge in [-0.15, -0.1) is 0 Å². The average Bonchev–Trinajstić information content (AvgIpc) is 3.15. The molecule has 0 bridgehead atoms. The molecule has 0 aromatic heterocycles. The zero-order chi connectivity index (χ0) is 19.3. The number of carbonyl (C=O) groups excluding carboxylic acids is 1. The van der Waals surface area contributed by atoms with Crippen LogP contribution in [-0.4, -0.2) is 13.2 Å². The van der Waals surface area contributed by atoms with Crippen LogP contribution in [0.2, 0.25) is 0 Å². The van der Waals surface area contributed by atoms with Gasteiger partial charge in [0.2, 0.25) is 0 Å². The lowest BCUT2D eigenvalue weighted by atomic mass is 9.95. The Hall–Kier alpha value is -3.71. The third kappa shape index (κ3) is 3.84. The summed E-state index contributed by atoms with van der Waals surface area (Å²) in [6, 6.07) is 25.0. The second kappa shape index (κ2) is 7.89. The molecule has 1 aliphatic heterocycles. The van der Waals surface area contributed by atoms with E-state index in [0.717, 1.165) is 28.0 Å². The van der Waals surface area contributed by atoms with E-state index in [1.165, 1.54) is 0 Å². The molecule has 1 heterocycles. The highest BCUT2D eigenvalue weighted by Gasteiger charge is 2.36. The van der Waals surface area contributed by atoms with Gasteiger partial charge in [0.1, 0.15) is 5.75 Å². The van der Waals surface area contributed by atoms with Crippen molar-refractivity contribution in [3.63, 3.8) is 0 Å². The van der Waals surface area contributed by atoms with Crippen LogP contribution in [0, 0.1) is 11.8 Å². The molecule has 0 aliphatic carbocycles. The number of hydrogen-bond acceptors (Lipinski definition) is 3. The van der Waals surface area contributed by atoms with Crippen molar-refractivity contribution in [2.24, 2.45) is 0 Å². The average molecular weight is 369 g/mol. The van der Waals surface area contributed by atoms with Crippen LogP contribution in [0.5, 0.6) is 5.75 Å². The van der Waals surface area contributed by atoms with E-state index in [0.29, 0.717) is 0 Å². The third-order valence-electron chi connectivity index (χ3n) is 4.60. The van der Waals surface area contributed by atoms with Crippen molar-refractivity contribution < 1.29 is 14.3 Å². The molecule has 1 amide bonds. The zero-order valence-electron chi connectivity index (χ0n) is 15.4. The van der Waals surface area contributed by atoms with Crippen LogP contribution in [0.25, 0.3) is 0 Å². The number of nitrogens with one attached hydrogen (secondary N) is 1. The van der Waals surface area contributed by atoms with E-state index < -0.39 is 12.2 Å². The minimum absolute atomic E-state index is 0.293. The molecule has 1 N–H and O–H groups in total. The van der Waals surface area contributed by atoms with Crippen LogP contribution < -0.4 is 10.1 Å². The van der Waals surface area contributed by atoms with Crippen LogP contribution in [0.4, 0.5) is 4.79 Å². The molecule has 1 saturated heterocycles. The molecular weight excluding hydrogens is 350 g/mol. The Balaban J connectivity index is 1.64. The van der Waals surface area contributed by atoms with Gasteiger partial charge in [0.25, 0.3) is 0 Å². The second-order valence-electron chi connectivity index (χ2n) is 6.47. The van der Waals surface area contributed by atoms with E-state index in [1.54, 1.807) is 7.11 Å². The maximum Gasteiger partial charge on any atom is 0.408 e. The normalized spacial score (nSPS) is 17.8. The van der Waals surface area contributed by atoms with Crippen LogP contribution in [0.1, 0.15) is 34.4 Å². The summed E-state index contributed by atoms with van der Waals surface area (Å²) < 4.78 is 10.8. The number of hydrogen-bond donors (Lipinski definition) is 1. The quantitative estimate of drug-likeness (QED) is 0.686. The molecule has 28 heavy (non-hydrogen) atoms. The maximum atomic E-state index is 12.0. The summed E-state index contributed by atoms with van der Waals surface area (Å²) in [5.74, 6) is 7.07. The standard InChI is InChI=1S/C24H19NO3/c1-27-21-12-6-11-20(16-21)23-22(25-24(26)28-23)19-10-5-9-18(15-19)14-13-17-7-3-2-4-8-17/h2-12,15-16,22-23H,1H3,(H,25,26)/t22-,23?/m1/s1. The van der Waals surface area contributed by atoms with Crippen molar-refractivity contribution in [1.82, 2.24) is 5.32 Å². The molecule has 1 fully saturated rings. The molecule has 4 rings (SSSR count). The first-order valence-electron chi connectivity index (χ1n) is 9.01. The van der Waals surface area contributed by atoms with E-state index >= 15 is 0 Å². The topological polar surface area (TPSA) is 47.6 Å². The Labute approximate surface area is 164 Å². The van der Waals surface area contributed by atoms with Gasteiger partial charge in [0, 0.05) is 11.1 Å². The Morgan fingerprint density at radius 2 is 1.57 bits per heavy atom. The molecule has 138 valence electrons. The number of alkyl carbamates (subject to hydrolysis) is 1. The maximum absolute atomic E-state index is 12.0. The number of carbonyl (C=O) groups is 1. The van der Waals surface area contributed by atoms with E-state index in [1.807, 2.05) is 78.9 Å². The Morgan fingerprint density at radius 3 is 2.39 bits per heavy atom. The van der Waals surface area contributed by atoms with Crippen LogP contribution in [0.15, 0.2) is 78.9 Å². The van der Waals surface area contributed by atoms with Gasteiger partial charge in [-0.2, -0.15) is 0 Å². The summed E-state index contributed by atoms with van der Waals surface area (Å²) in [5, 5.41) is 2.91. The number of cyclic esters (lactones) is 1. The summed E-state index contributed by atoms with van der Waals surface area (Å²) >= 11 is 0. The molecule has 0 spiro atoms. The first-order valence-corrected chi connectivity index (χ1v) is 9.01. The minimum atomic E-state index is -0.432. The van der Waals surface area contributed by atoms with Crippen molar-refractivity contribution in [1.29, 1.82) is 0 Å². The van der Waals surface area contributed by atoms with Gasteiger partial charge in [-0.1, -0.05) is 54.3 Å². The molecule has 3 aromatic rings. The first kappa shape index (κ1) is 17.7. The predicted molar refractivity (Wildman–Crippen MR) is 107 cm³/mol. The van der Waals surface area contributed by atoms with Gasteiger partial charge in [-0.3, -0.25) is 0 Å². The van der Waals surface area contributed by atoms with Crippen molar-refractivity contribution >= 4 is 6.09 Å². The van der Waals surface area contributed by atoms with Crippen LogP contribution in [-0.2, 0) is 4.74 Å². The van der Waals surface area contributed by atoms with Gasteiger partial charge in [-0.05, 0) is 47.5 Å². The first-order chi connectivity index (χ1) is 13.7. The lowest BCUT2D eigenvalue weighted by molar-refractivity contribution is 0.132. The fraction of sp³-hybridized carbons (Fsp3) is 0.125. The van der Waals surface area contributed by atoms with Crippen molar-refractivity contribution in [2.75, 3.05) is 7.11 Å². The molecule has 1 unspecified atom stereocenters. The Bertz CT molecular complexity index is 1050. The highest BCUT2D eigenvalue weighted by atomic mass is 16.6. The number of methoxy groups -OCH3 is 1. The summed E-state index contributed by atoms with van der Waals surface area (Å²) in [6.07, 6.45) is -0.862. The molecule has 0 saturated carbocycles. The summed E-state index contributed by atoms with van der Waals surface area (Å²) in [7, 11) is 1.62. The van der Waals surface area contributed by atoms with E-state index in [4.69, 9.17) is 9.47 Å². The van der Waals surface area contributed by atoms with Gasteiger partial charge in [-0.25, -0.2) is 4.79 Å². The number of benzene rings is 3. The van der Waals surface area contributed by atoms with E-state index in [9.17, 15) is 4.79 Å². The second-order valence-corrected chi connectivity index (χ2v) is 6.47. The smallest absolute Gasteiger partial charge is 0.408 e. The van der Waals surface area contributed by atoms with Gasteiger partial charge < -0.3 is 14.8 Å². The highest BCUT2D eigenvalue weighted by molar-refractivity contribution is 5.71. The molecule has 1 aliphatic rings. The Morgan fingerprint density at radius 1 is 0.857 bits per heavy atom. The van der Waals surface area contributed by atoms with Gasteiger partial charge in [0.05, 0.1) is 13.2 Å². The molecule has 3 aromatic carbocycles. The van der Waals surface area contributed by atoms with Crippen molar-refractivity contribution in [2.45, 2.75) is 12.1 Å². The molecular formula is C24H19NO3. The molecule has 0 radical (unpaired) electrons. The van der Waals surface area contributed by atoms with Crippen molar-refractivity contribution in [3.05, 3.63) is 101 Å². The molecule has 4 nitrogen and oxygen atoms in total. The summed E-state index contributed by atoms with van der Waals surface area (Å²) in [4.78, 5) is 12.0. The van der Waals surface area contributed by atoms with Crippen molar-refractivity contribution in [3.8, 4) is 17.6 Å².